The van der Waals surface area contributed by atoms with Crippen LogP contribution < -0.4 is 0 Å². The van der Waals surface area contributed by atoms with Crippen LogP contribution in [0.15, 0.2) is 52.9 Å². The van der Waals surface area contributed by atoms with Gasteiger partial charge in [0, 0.05) is 26.2 Å². The number of hydrogen-bond acceptors (Lipinski definition) is 1. The third kappa shape index (κ3) is 3.56. The molecule has 0 bridgehead atoms. The van der Waals surface area contributed by atoms with Gasteiger partial charge in [0.1, 0.15) is 17.1 Å². The van der Waals surface area contributed by atoms with Crippen molar-refractivity contribution in [2.75, 3.05) is 0 Å². The van der Waals surface area contributed by atoms with E-state index in [9.17, 15) is 13.2 Å². The molecule has 0 aliphatic heterocycles. The van der Waals surface area contributed by atoms with Crippen molar-refractivity contribution in [3.8, 4) is 22.6 Å². The van der Waals surface area contributed by atoms with Gasteiger partial charge in [0.15, 0.2) is 0 Å². The Kier molecular flexibility index (Phi) is 4.56. The van der Waals surface area contributed by atoms with Gasteiger partial charge < -0.3 is 4.42 Å². The van der Waals surface area contributed by atoms with Crippen molar-refractivity contribution >= 4 is 34.8 Å². The molecule has 1 aromatic heterocycles. The zero-order chi connectivity index (χ0) is 17.5. The molecule has 2 aromatic carbocycles. The molecule has 1 heterocycles. The van der Waals surface area contributed by atoms with E-state index in [0.717, 1.165) is 6.07 Å². The minimum absolute atomic E-state index is 0.0742. The van der Waals surface area contributed by atoms with Gasteiger partial charge in [0.25, 0.3) is 0 Å². The zero-order valence-corrected chi connectivity index (χ0v) is 14.1. The van der Waals surface area contributed by atoms with Gasteiger partial charge in [0.2, 0.25) is 0 Å². The molecular formula is C17H8Cl3F3O. The first-order chi connectivity index (χ1) is 11.2. The van der Waals surface area contributed by atoms with Crippen LogP contribution >= 0.6 is 34.8 Å². The molecule has 0 unspecified atom stereocenters. The van der Waals surface area contributed by atoms with E-state index in [-0.39, 0.29) is 27.1 Å². The highest BCUT2D eigenvalue weighted by molar-refractivity contribution is 6.35. The maximum absolute atomic E-state index is 13.4. The van der Waals surface area contributed by atoms with Crippen LogP contribution in [0.25, 0.3) is 22.6 Å². The lowest BCUT2D eigenvalue weighted by Gasteiger charge is -2.07. The number of hydrogen-bond donors (Lipinski definition) is 0. The van der Waals surface area contributed by atoms with Gasteiger partial charge in [-0.05, 0) is 48.5 Å². The van der Waals surface area contributed by atoms with Gasteiger partial charge in [0.05, 0.1) is 0 Å². The van der Waals surface area contributed by atoms with Crippen molar-refractivity contribution in [2.24, 2.45) is 0 Å². The molecule has 0 N–H and O–H groups in total. The Hall–Kier alpha value is -1.62. The van der Waals surface area contributed by atoms with Crippen LogP contribution in [-0.4, -0.2) is 0 Å². The summed E-state index contributed by atoms with van der Waals surface area (Å²) >= 11 is 17.6. The topological polar surface area (TPSA) is 13.1 Å². The predicted molar refractivity (Wildman–Crippen MR) is 89.6 cm³/mol. The summed E-state index contributed by atoms with van der Waals surface area (Å²) in [6.07, 6.45) is -4.59. The number of alkyl halides is 3. The predicted octanol–water partition coefficient (Wildman–Crippen LogP) is 7.59. The molecule has 0 saturated carbocycles. The summed E-state index contributed by atoms with van der Waals surface area (Å²) in [7, 11) is 0. The third-order valence-corrected chi connectivity index (χ3v) is 3.98. The molecule has 0 radical (unpaired) electrons. The average Bonchev–Trinajstić information content (AvgIpc) is 2.92. The molecule has 0 spiro atoms. The zero-order valence-electron chi connectivity index (χ0n) is 11.8. The normalized spacial score (nSPS) is 11.8. The van der Waals surface area contributed by atoms with Gasteiger partial charge in [-0.1, -0.05) is 34.8 Å². The molecule has 3 rings (SSSR count). The lowest BCUT2D eigenvalue weighted by atomic mass is 10.1. The van der Waals surface area contributed by atoms with Gasteiger partial charge in [-0.25, -0.2) is 0 Å². The number of benzene rings is 2. The summed E-state index contributed by atoms with van der Waals surface area (Å²) in [4.78, 5) is 0. The van der Waals surface area contributed by atoms with E-state index in [0.29, 0.717) is 10.6 Å². The fourth-order valence-electron chi connectivity index (χ4n) is 2.26. The van der Waals surface area contributed by atoms with Gasteiger partial charge in [-0.2, -0.15) is 13.2 Å². The maximum atomic E-state index is 13.4. The Labute approximate surface area is 150 Å². The Morgan fingerprint density at radius 3 is 1.83 bits per heavy atom. The standard InChI is InChI=1S/C17H8Cl3F3O/c18-11-3-1-9(2-4-11)15-8-14(17(21,22)23)16(24-15)10-5-12(19)7-13(20)6-10/h1-8H. The van der Waals surface area contributed by atoms with E-state index in [1.165, 1.54) is 18.2 Å². The van der Waals surface area contributed by atoms with Gasteiger partial charge in [-0.15, -0.1) is 0 Å². The van der Waals surface area contributed by atoms with Crippen LogP contribution in [0.1, 0.15) is 5.56 Å². The second-order valence-corrected chi connectivity index (χ2v) is 6.33. The summed E-state index contributed by atoms with van der Waals surface area (Å²) in [5, 5.41) is 0.910. The lowest BCUT2D eigenvalue weighted by Crippen LogP contribution is -2.04. The number of rotatable bonds is 2. The van der Waals surface area contributed by atoms with E-state index in [2.05, 4.69) is 0 Å². The molecule has 0 amide bonds. The minimum atomic E-state index is -4.59. The Bertz CT molecular complexity index is 863. The summed E-state index contributed by atoms with van der Waals surface area (Å²) < 4.78 is 45.6. The summed E-state index contributed by atoms with van der Waals surface area (Å²) in [6, 6.07) is 11.4. The summed E-state index contributed by atoms with van der Waals surface area (Å²) in [5.41, 5.74) is -0.268. The molecule has 0 fully saturated rings. The first kappa shape index (κ1) is 17.2. The molecule has 3 aromatic rings. The van der Waals surface area contributed by atoms with Crippen molar-refractivity contribution in [1.29, 1.82) is 0 Å². The monoisotopic (exact) mass is 390 g/mol. The summed E-state index contributed by atoms with van der Waals surface area (Å²) in [5.74, 6) is -0.262. The first-order valence-corrected chi connectivity index (χ1v) is 7.81. The van der Waals surface area contributed by atoms with Crippen LogP contribution in [0.2, 0.25) is 15.1 Å². The fourth-order valence-corrected chi connectivity index (χ4v) is 2.91. The molecule has 0 aliphatic rings. The highest BCUT2D eigenvalue weighted by Gasteiger charge is 2.37. The first-order valence-electron chi connectivity index (χ1n) is 6.67. The Morgan fingerprint density at radius 1 is 0.708 bits per heavy atom. The second kappa shape index (κ2) is 6.36. The smallest absolute Gasteiger partial charge is 0.420 e. The molecule has 0 aliphatic carbocycles. The van der Waals surface area contributed by atoms with E-state index in [1.54, 1.807) is 24.3 Å². The molecular weight excluding hydrogens is 384 g/mol. The van der Waals surface area contributed by atoms with Crippen LogP contribution in [0.3, 0.4) is 0 Å². The van der Waals surface area contributed by atoms with E-state index >= 15 is 0 Å². The van der Waals surface area contributed by atoms with Crippen molar-refractivity contribution in [3.63, 3.8) is 0 Å². The largest absolute Gasteiger partial charge is 0.455 e. The van der Waals surface area contributed by atoms with Crippen molar-refractivity contribution in [3.05, 3.63) is 69.2 Å². The van der Waals surface area contributed by atoms with E-state index < -0.39 is 11.7 Å². The van der Waals surface area contributed by atoms with Gasteiger partial charge in [-0.3, -0.25) is 0 Å². The third-order valence-electron chi connectivity index (χ3n) is 3.29. The SMILES string of the molecule is FC(F)(F)c1cc(-c2ccc(Cl)cc2)oc1-c1cc(Cl)cc(Cl)c1. The second-order valence-electron chi connectivity index (χ2n) is 5.02. The molecule has 1 nitrogen and oxygen atoms in total. The van der Waals surface area contributed by atoms with E-state index in [4.69, 9.17) is 39.2 Å². The average molecular weight is 392 g/mol. The molecule has 0 atom stereocenters. The summed E-state index contributed by atoms with van der Waals surface area (Å²) in [6.45, 7) is 0. The number of furan rings is 1. The van der Waals surface area contributed by atoms with Crippen LogP contribution in [0.5, 0.6) is 0 Å². The van der Waals surface area contributed by atoms with E-state index in [1.807, 2.05) is 0 Å². The molecule has 7 heteroatoms. The van der Waals surface area contributed by atoms with Gasteiger partial charge >= 0.3 is 6.18 Å². The lowest BCUT2D eigenvalue weighted by molar-refractivity contribution is -0.137. The van der Waals surface area contributed by atoms with Crippen molar-refractivity contribution < 1.29 is 17.6 Å². The fraction of sp³-hybridized carbons (Fsp3) is 0.0588. The van der Waals surface area contributed by atoms with Crippen molar-refractivity contribution in [1.82, 2.24) is 0 Å². The highest BCUT2D eigenvalue weighted by Crippen LogP contribution is 2.43. The highest BCUT2D eigenvalue weighted by atomic mass is 35.5. The van der Waals surface area contributed by atoms with Crippen molar-refractivity contribution in [2.45, 2.75) is 6.18 Å². The maximum Gasteiger partial charge on any atom is 0.420 e. The molecule has 124 valence electrons. The van der Waals surface area contributed by atoms with Crippen LogP contribution in [-0.2, 0) is 6.18 Å². The molecule has 24 heavy (non-hydrogen) atoms. The Morgan fingerprint density at radius 2 is 1.29 bits per heavy atom. The van der Waals surface area contributed by atoms with Crippen LogP contribution in [0, 0.1) is 0 Å². The van der Waals surface area contributed by atoms with Crippen LogP contribution in [0.4, 0.5) is 13.2 Å². The Balaban J connectivity index is 2.19. The molecule has 0 saturated heterocycles. The minimum Gasteiger partial charge on any atom is -0.455 e. The number of halogens is 6. The quantitative estimate of drug-likeness (QED) is 0.438.